The van der Waals surface area contributed by atoms with E-state index in [9.17, 15) is 4.79 Å². The highest BCUT2D eigenvalue weighted by Crippen LogP contribution is 2.23. The van der Waals surface area contributed by atoms with E-state index in [1.807, 2.05) is 0 Å². The van der Waals surface area contributed by atoms with Gasteiger partial charge in [-0.1, -0.05) is 37.3 Å². The number of carbonyl (C=O) groups excluding carboxylic acids is 1. The van der Waals surface area contributed by atoms with Gasteiger partial charge in [-0.15, -0.1) is 0 Å². The van der Waals surface area contributed by atoms with E-state index in [0.717, 1.165) is 25.9 Å². The standard InChI is InChI=1S/C20H30N2O/c1-2-18-11-6-7-14-22(18)20(23)16-21-13-8-12-19(21)15-17-9-4-3-5-10-17/h3-5,9-10,18-19H,2,6-8,11-16H2,1H3/t18-,19+/m0/s1. The molecule has 23 heavy (non-hydrogen) atoms. The first-order valence-corrected chi connectivity index (χ1v) is 9.35. The largest absolute Gasteiger partial charge is 0.339 e. The molecule has 0 radical (unpaired) electrons. The number of rotatable bonds is 5. The summed E-state index contributed by atoms with van der Waals surface area (Å²) in [6.07, 6.45) is 8.26. The van der Waals surface area contributed by atoms with Gasteiger partial charge in [0.2, 0.25) is 5.91 Å². The van der Waals surface area contributed by atoms with Gasteiger partial charge in [-0.05, 0) is 57.1 Å². The molecular weight excluding hydrogens is 284 g/mol. The Morgan fingerprint density at radius 3 is 2.61 bits per heavy atom. The average Bonchev–Trinajstić information content (AvgIpc) is 3.02. The number of likely N-dealkylation sites (tertiary alicyclic amines) is 2. The molecule has 0 spiro atoms. The first-order valence-electron chi connectivity index (χ1n) is 9.35. The highest BCUT2D eigenvalue weighted by atomic mass is 16.2. The summed E-state index contributed by atoms with van der Waals surface area (Å²) in [5.74, 6) is 0.358. The third-order valence-electron chi connectivity index (χ3n) is 5.57. The fourth-order valence-electron chi connectivity index (χ4n) is 4.24. The highest BCUT2D eigenvalue weighted by Gasteiger charge is 2.30. The summed E-state index contributed by atoms with van der Waals surface area (Å²) in [6.45, 7) is 4.88. The molecule has 3 rings (SSSR count). The molecule has 2 fully saturated rings. The minimum Gasteiger partial charge on any atom is -0.339 e. The fourth-order valence-corrected chi connectivity index (χ4v) is 4.24. The number of amides is 1. The summed E-state index contributed by atoms with van der Waals surface area (Å²) in [4.78, 5) is 17.4. The lowest BCUT2D eigenvalue weighted by molar-refractivity contribution is -0.136. The van der Waals surface area contributed by atoms with Crippen LogP contribution in [0.2, 0.25) is 0 Å². The lowest BCUT2D eigenvalue weighted by atomic mass is 10.00. The molecule has 0 N–H and O–H groups in total. The molecule has 2 atom stereocenters. The molecule has 0 aliphatic carbocycles. The van der Waals surface area contributed by atoms with Gasteiger partial charge in [0.05, 0.1) is 6.54 Å². The quantitative estimate of drug-likeness (QED) is 0.830. The number of hydrogen-bond acceptors (Lipinski definition) is 2. The van der Waals surface area contributed by atoms with Crippen LogP contribution < -0.4 is 0 Å². The van der Waals surface area contributed by atoms with Crippen LogP contribution in [0.4, 0.5) is 0 Å². The van der Waals surface area contributed by atoms with Crippen molar-refractivity contribution in [1.29, 1.82) is 0 Å². The van der Waals surface area contributed by atoms with Crippen molar-refractivity contribution in [1.82, 2.24) is 9.80 Å². The molecule has 2 saturated heterocycles. The Morgan fingerprint density at radius 2 is 1.83 bits per heavy atom. The Hall–Kier alpha value is -1.35. The summed E-state index contributed by atoms with van der Waals surface area (Å²) in [5.41, 5.74) is 1.39. The van der Waals surface area contributed by atoms with Gasteiger partial charge in [0, 0.05) is 18.6 Å². The molecule has 0 saturated carbocycles. The smallest absolute Gasteiger partial charge is 0.237 e. The van der Waals surface area contributed by atoms with Gasteiger partial charge in [-0.25, -0.2) is 0 Å². The second-order valence-corrected chi connectivity index (χ2v) is 7.10. The normalized spacial score (nSPS) is 25.7. The van der Waals surface area contributed by atoms with E-state index < -0.39 is 0 Å². The maximum absolute atomic E-state index is 12.8. The van der Waals surface area contributed by atoms with Gasteiger partial charge in [-0.3, -0.25) is 9.69 Å². The predicted octanol–water partition coefficient (Wildman–Crippen LogP) is 3.48. The second-order valence-electron chi connectivity index (χ2n) is 7.10. The SMILES string of the molecule is CC[C@H]1CCCCN1C(=O)CN1CCC[C@@H]1Cc1ccccc1. The van der Waals surface area contributed by atoms with Crippen LogP contribution in [0.1, 0.15) is 51.0 Å². The van der Waals surface area contributed by atoms with E-state index in [0.29, 0.717) is 24.5 Å². The first-order chi connectivity index (χ1) is 11.3. The van der Waals surface area contributed by atoms with Crippen LogP contribution in [0.15, 0.2) is 30.3 Å². The number of piperidine rings is 1. The molecule has 0 unspecified atom stereocenters. The Labute approximate surface area is 140 Å². The van der Waals surface area contributed by atoms with Crippen LogP contribution in [0, 0.1) is 0 Å². The van der Waals surface area contributed by atoms with Gasteiger partial charge in [-0.2, -0.15) is 0 Å². The van der Waals surface area contributed by atoms with Crippen LogP contribution in [-0.2, 0) is 11.2 Å². The van der Waals surface area contributed by atoms with Crippen LogP contribution in [0.3, 0.4) is 0 Å². The van der Waals surface area contributed by atoms with Gasteiger partial charge in [0.15, 0.2) is 0 Å². The summed E-state index contributed by atoms with van der Waals surface area (Å²) < 4.78 is 0. The number of carbonyl (C=O) groups is 1. The van der Waals surface area contributed by atoms with Crippen molar-refractivity contribution in [3.05, 3.63) is 35.9 Å². The maximum Gasteiger partial charge on any atom is 0.237 e. The van der Waals surface area contributed by atoms with E-state index in [4.69, 9.17) is 0 Å². The van der Waals surface area contributed by atoms with Gasteiger partial charge >= 0.3 is 0 Å². The summed E-state index contributed by atoms with van der Waals surface area (Å²) in [6, 6.07) is 11.7. The minimum absolute atomic E-state index is 0.358. The predicted molar refractivity (Wildman–Crippen MR) is 94.4 cm³/mol. The molecule has 0 aromatic heterocycles. The molecule has 1 amide bonds. The topological polar surface area (TPSA) is 23.6 Å². The average molecular weight is 314 g/mol. The Morgan fingerprint density at radius 1 is 1.04 bits per heavy atom. The maximum atomic E-state index is 12.8. The Bertz CT molecular complexity index is 502. The Balaban J connectivity index is 1.58. The minimum atomic E-state index is 0.358. The molecule has 2 aliphatic heterocycles. The van der Waals surface area contributed by atoms with Crippen molar-refractivity contribution in [3.63, 3.8) is 0 Å². The van der Waals surface area contributed by atoms with Crippen molar-refractivity contribution in [3.8, 4) is 0 Å². The van der Waals surface area contributed by atoms with Crippen LogP contribution in [0.25, 0.3) is 0 Å². The molecular formula is C20H30N2O. The summed E-state index contributed by atoms with van der Waals surface area (Å²) >= 11 is 0. The van der Waals surface area contributed by atoms with Crippen molar-refractivity contribution < 1.29 is 4.79 Å². The third-order valence-corrected chi connectivity index (χ3v) is 5.57. The first kappa shape index (κ1) is 16.5. The number of hydrogen-bond donors (Lipinski definition) is 0. The summed E-state index contributed by atoms with van der Waals surface area (Å²) in [7, 11) is 0. The van der Waals surface area contributed by atoms with Crippen molar-refractivity contribution in [2.24, 2.45) is 0 Å². The van der Waals surface area contributed by atoms with E-state index in [2.05, 4.69) is 47.1 Å². The zero-order valence-electron chi connectivity index (χ0n) is 14.4. The molecule has 126 valence electrons. The Kier molecular flexibility index (Phi) is 5.71. The van der Waals surface area contributed by atoms with E-state index >= 15 is 0 Å². The molecule has 3 heteroatoms. The van der Waals surface area contributed by atoms with E-state index in [1.54, 1.807) is 0 Å². The van der Waals surface area contributed by atoms with Crippen molar-refractivity contribution in [2.45, 2.75) is 64.0 Å². The van der Waals surface area contributed by atoms with E-state index in [1.165, 1.54) is 37.7 Å². The zero-order chi connectivity index (χ0) is 16.1. The van der Waals surface area contributed by atoms with Gasteiger partial charge in [0.1, 0.15) is 0 Å². The van der Waals surface area contributed by atoms with Gasteiger partial charge in [0.25, 0.3) is 0 Å². The van der Waals surface area contributed by atoms with Crippen LogP contribution in [-0.4, -0.2) is 47.4 Å². The summed E-state index contributed by atoms with van der Waals surface area (Å²) in [5, 5.41) is 0. The number of nitrogens with zero attached hydrogens (tertiary/aromatic N) is 2. The van der Waals surface area contributed by atoms with Crippen molar-refractivity contribution in [2.75, 3.05) is 19.6 Å². The third kappa shape index (κ3) is 4.14. The second kappa shape index (κ2) is 7.96. The van der Waals surface area contributed by atoms with Crippen molar-refractivity contribution >= 4 is 5.91 Å². The van der Waals surface area contributed by atoms with Crippen LogP contribution >= 0.6 is 0 Å². The number of benzene rings is 1. The monoisotopic (exact) mass is 314 g/mol. The molecule has 3 nitrogen and oxygen atoms in total. The zero-order valence-corrected chi connectivity index (χ0v) is 14.4. The van der Waals surface area contributed by atoms with E-state index in [-0.39, 0.29) is 0 Å². The molecule has 2 heterocycles. The lowest BCUT2D eigenvalue weighted by Gasteiger charge is -2.37. The molecule has 0 bridgehead atoms. The highest BCUT2D eigenvalue weighted by molar-refractivity contribution is 5.78. The molecule has 1 aromatic rings. The fraction of sp³-hybridized carbons (Fsp3) is 0.650. The van der Waals surface area contributed by atoms with Crippen LogP contribution in [0.5, 0.6) is 0 Å². The molecule has 1 aromatic carbocycles. The lowest BCUT2D eigenvalue weighted by Crippen LogP contribution is -2.48. The van der Waals surface area contributed by atoms with Gasteiger partial charge < -0.3 is 4.90 Å². The molecule has 2 aliphatic rings.